The first kappa shape index (κ1) is 24.6. The summed E-state index contributed by atoms with van der Waals surface area (Å²) in [7, 11) is -0.904. The van der Waals surface area contributed by atoms with E-state index < -0.39 is 8.07 Å². The summed E-state index contributed by atoms with van der Waals surface area (Å²) in [6.07, 6.45) is 6.65. The van der Waals surface area contributed by atoms with Gasteiger partial charge in [-0.1, -0.05) is 32.1 Å². The fourth-order valence-corrected chi connectivity index (χ4v) is 2.77. The van der Waals surface area contributed by atoms with Crippen molar-refractivity contribution in [2.45, 2.75) is 39.0 Å². The first-order valence-electron chi connectivity index (χ1n) is 4.26. The second kappa shape index (κ2) is 9.62. The van der Waals surface area contributed by atoms with Gasteiger partial charge < -0.3 is 22.3 Å². The van der Waals surface area contributed by atoms with Crippen LogP contribution in [0.5, 0.6) is 0 Å². The molecular weight excluding hydrogens is 232 g/mol. The standard InChI is InChI=1S/C10H17Si.3CH3.Ti/c1-9-6-5-7-10(9)8-11(2,3)4;;;;/h5H,6,8H2,1-4H3;3*1H3;/q4*-1;+4. The van der Waals surface area contributed by atoms with Gasteiger partial charge in [-0.2, -0.15) is 6.08 Å². The molecule has 0 saturated carbocycles. The van der Waals surface area contributed by atoms with E-state index in [2.05, 4.69) is 38.7 Å². The molecule has 0 aliphatic heterocycles. The van der Waals surface area contributed by atoms with Gasteiger partial charge in [-0.05, 0) is 0 Å². The summed E-state index contributed by atoms with van der Waals surface area (Å²) in [5.41, 5.74) is 3.02. The van der Waals surface area contributed by atoms with Gasteiger partial charge in [0, 0.05) is 8.07 Å². The Morgan fingerprint density at radius 3 is 1.93 bits per heavy atom. The van der Waals surface area contributed by atoms with Crippen molar-refractivity contribution in [1.82, 2.24) is 0 Å². The largest absolute Gasteiger partial charge is 4.00 e. The number of hydrogen-bond acceptors (Lipinski definition) is 0. The smallest absolute Gasteiger partial charge is 0.358 e. The fourth-order valence-electron chi connectivity index (χ4n) is 1.31. The Labute approximate surface area is 114 Å². The van der Waals surface area contributed by atoms with Gasteiger partial charge in [0.1, 0.15) is 0 Å². The molecule has 2 heteroatoms. The molecule has 0 amide bonds. The van der Waals surface area contributed by atoms with Crippen molar-refractivity contribution in [3.05, 3.63) is 45.6 Å². The zero-order valence-corrected chi connectivity index (χ0v) is 14.1. The normalized spacial score (nSPS) is 13.3. The molecule has 1 aliphatic carbocycles. The average Bonchev–Trinajstić information content (AvgIpc) is 2.12. The van der Waals surface area contributed by atoms with Crippen molar-refractivity contribution in [3.8, 4) is 0 Å². The first-order chi connectivity index (χ1) is 4.99. The Morgan fingerprint density at radius 2 is 1.67 bits per heavy atom. The first-order valence-corrected chi connectivity index (χ1v) is 7.96. The van der Waals surface area contributed by atoms with Gasteiger partial charge in [-0.25, -0.2) is 11.1 Å². The molecule has 0 saturated heterocycles. The van der Waals surface area contributed by atoms with E-state index in [0.29, 0.717) is 0 Å². The van der Waals surface area contributed by atoms with Gasteiger partial charge in [0.15, 0.2) is 0 Å². The van der Waals surface area contributed by atoms with Crippen LogP contribution in [0.1, 0.15) is 13.3 Å². The summed E-state index contributed by atoms with van der Waals surface area (Å²) in [5.74, 6) is 0. The molecule has 0 fully saturated rings. The zero-order chi connectivity index (χ0) is 8.48. The summed E-state index contributed by atoms with van der Waals surface area (Å²) in [5, 5.41) is 0. The van der Waals surface area contributed by atoms with E-state index in [4.69, 9.17) is 0 Å². The van der Waals surface area contributed by atoms with Gasteiger partial charge in [0.25, 0.3) is 0 Å². The Hall–Kier alpha value is 0.411. The molecule has 0 spiro atoms. The molecule has 86 valence electrons. The van der Waals surface area contributed by atoms with Crippen molar-refractivity contribution >= 4 is 8.07 Å². The van der Waals surface area contributed by atoms with Crippen LogP contribution in [0.25, 0.3) is 0 Å². The van der Waals surface area contributed by atoms with E-state index in [1.807, 2.05) is 0 Å². The average molecular weight is 258 g/mol. The van der Waals surface area contributed by atoms with Crippen LogP contribution in [0.4, 0.5) is 0 Å². The van der Waals surface area contributed by atoms with E-state index in [9.17, 15) is 0 Å². The second-order valence-electron chi connectivity index (χ2n) is 4.55. The molecule has 1 rings (SSSR count). The quantitative estimate of drug-likeness (QED) is 0.495. The molecule has 0 heterocycles. The minimum absolute atomic E-state index is 0. The Bertz CT molecular complexity index is 209. The topological polar surface area (TPSA) is 0 Å². The minimum Gasteiger partial charge on any atom is -0.358 e. The van der Waals surface area contributed by atoms with E-state index in [-0.39, 0.29) is 44.0 Å². The van der Waals surface area contributed by atoms with E-state index >= 15 is 0 Å². The summed E-state index contributed by atoms with van der Waals surface area (Å²) in [4.78, 5) is 0. The van der Waals surface area contributed by atoms with Crippen LogP contribution in [0.3, 0.4) is 0 Å². The molecule has 0 radical (unpaired) electrons. The Morgan fingerprint density at radius 1 is 1.20 bits per heavy atom. The third kappa shape index (κ3) is 9.35. The van der Waals surface area contributed by atoms with E-state index in [0.717, 1.165) is 6.42 Å². The van der Waals surface area contributed by atoms with Gasteiger partial charge in [0.05, 0.1) is 0 Å². The molecule has 0 aromatic heterocycles. The van der Waals surface area contributed by atoms with Gasteiger partial charge in [-0.15, -0.1) is 6.92 Å². The van der Waals surface area contributed by atoms with Crippen LogP contribution in [0.15, 0.2) is 17.2 Å². The van der Waals surface area contributed by atoms with Crippen LogP contribution in [0, 0.1) is 28.4 Å². The van der Waals surface area contributed by atoms with Gasteiger partial charge >= 0.3 is 21.7 Å². The van der Waals surface area contributed by atoms with Gasteiger partial charge in [-0.3, -0.25) is 6.08 Å². The predicted molar refractivity (Wildman–Crippen MR) is 72.5 cm³/mol. The zero-order valence-electron chi connectivity index (χ0n) is 11.5. The maximum atomic E-state index is 3.35. The Kier molecular flexibility index (Phi) is 15.8. The van der Waals surface area contributed by atoms with Crippen molar-refractivity contribution in [1.29, 1.82) is 0 Å². The number of allylic oxidation sites excluding steroid dienone is 4. The van der Waals surface area contributed by atoms with Gasteiger partial charge in [0.2, 0.25) is 0 Å². The Balaban J connectivity index is -0.000000151. The molecule has 0 N–H and O–H groups in total. The maximum Gasteiger partial charge on any atom is 4.00 e. The second-order valence-corrected chi connectivity index (χ2v) is 10.0. The van der Waals surface area contributed by atoms with Crippen LogP contribution in [-0.2, 0) is 21.7 Å². The fraction of sp³-hybridized carbons (Fsp3) is 0.462. The van der Waals surface area contributed by atoms with Crippen LogP contribution in [0.2, 0.25) is 25.7 Å². The summed E-state index contributed by atoms with van der Waals surface area (Å²) < 4.78 is 0. The van der Waals surface area contributed by atoms with Crippen molar-refractivity contribution in [2.24, 2.45) is 0 Å². The number of rotatable bonds is 2. The van der Waals surface area contributed by atoms with Crippen LogP contribution in [-0.4, -0.2) is 8.07 Å². The molecule has 0 atom stereocenters. The molecular formula is C13H26SiTi. The van der Waals surface area contributed by atoms with E-state index in [1.165, 1.54) is 17.2 Å². The third-order valence-corrected chi connectivity index (χ3v) is 3.32. The summed E-state index contributed by atoms with van der Waals surface area (Å²) in [6.45, 7) is 9.46. The third-order valence-electron chi connectivity index (χ3n) is 1.91. The minimum atomic E-state index is -0.904. The van der Waals surface area contributed by atoms with Crippen molar-refractivity contribution in [3.63, 3.8) is 0 Å². The number of hydrogen-bond donors (Lipinski definition) is 0. The monoisotopic (exact) mass is 258 g/mol. The molecule has 15 heavy (non-hydrogen) atoms. The van der Waals surface area contributed by atoms with Crippen LogP contribution >= 0.6 is 0 Å². The van der Waals surface area contributed by atoms with Crippen molar-refractivity contribution < 1.29 is 21.7 Å². The molecule has 0 bridgehead atoms. The molecule has 0 unspecified atom stereocenters. The maximum absolute atomic E-state index is 3.35. The summed E-state index contributed by atoms with van der Waals surface area (Å²) in [6, 6.07) is 1.30. The van der Waals surface area contributed by atoms with Crippen molar-refractivity contribution in [2.75, 3.05) is 0 Å². The molecule has 0 aromatic rings. The molecule has 0 aromatic carbocycles. The molecule has 1 aliphatic rings. The summed E-state index contributed by atoms with van der Waals surface area (Å²) >= 11 is 0. The predicted octanol–water partition coefficient (Wildman–Crippen LogP) is 4.75. The van der Waals surface area contributed by atoms with Crippen LogP contribution < -0.4 is 0 Å². The van der Waals surface area contributed by atoms with E-state index in [1.54, 1.807) is 0 Å². The SMILES string of the molecule is CC1=C(C[Si](C)(C)C)[C-]=CC1.[CH3-].[CH3-].[CH3-].[Ti+4]. The molecule has 0 nitrogen and oxygen atoms in total.